The van der Waals surface area contributed by atoms with Crippen molar-refractivity contribution in [2.24, 2.45) is 5.92 Å². The fourth-order valence-electron chi connectivity index (χ4n) is 4.31. The SMILES string of the molecule is CCCCCc1ccc(/C=C/C2CCC(c3ccc(OC)c(F)c3)CC2)c(F)c1F. The molecule has 4 heteroatoms. The van der Waals surface area contributed by atoms with Crippen LogP contribution in [0.4, 0.5) is 13.2 Å². The van der Waals surface area contributed by atoms with Crippen LogP contribution in [0.2, 0.25) is 0 Å². The van der Waals surface area contributed by atoms with E-state index in [0.29, 0.717) is 29.4 Å². The molecule has 0 amide bonds. The van der Waals surface area contributed by atoms with Gasteiger partial charge in [0.05, 0.1) is 7.11 Å². The van der Waals surface area contributed by atoms with E-state index in [2.05, 4.69) is 6.92 Å². The second-order valence-electron chi connectivity index (χ2n) is 8.26. The van der Waals surface area contributed by atoms with Crippen molar-refractivity contribution in [2.45, 2.75) is 64.2 Å². The molecule has 2 aromatic carbocycles. The molecule has 1 aliphatic rings. The number of benzene rings is 2. The number of hydrogen-bond acceptors (Lipinski definition) is 1. The van der Waals surface area contributed by atoms with Crippen molar-refractivity contribution in [3.8, 4) is 5.75 Å². The fraction of sp³-hybridized carbons (Fsp3) is 0.462. The molecule has 0 bridgehead atoms. The van der Waals surface area contributed by atoms with Gasteiger partial charge in [-0.3, -0.25) is 0 Å². The first-order chi connectivity index (χ1) is 14.5. The molecule has 0 heterocycles. The van der Waals surface area contributed by atoms with Gasteiger partial charge in [0.1, 0.15) is 0 Å². The predicted molar refractivity (Wildman–Crippen MR) is 116 cm³/mol. The minimum atomic E-state index is -0.748. The van der Waals surface area contributed by atoms with Crippen LogP contribution in [0.25, 0.3) is 6.08 Å². The lowest BCUT2D eigenvalue weighted by Gasteiger charge is -2.27. The van der Waals surface area contributed by atoms with Crippen LogP contribution < -0.4 is 4.74 Å². The van der Waals surface area contributed by atoms with Crippen LogP contribution in [0.5, 0.6) is 5.75 Å². The van der Waals surface area contributed by atoms with Crippen molar-refractivity contribution in [1.82, 2.24) is 0 Å². The smallest absolute Gasteiger partial charge is 0.166 e. The van der Waals surface area contributed by atoms with Gasteiger partial charge in [-0.1, -0.05) is 50.1 Å². The van der Waals surface area contributed by atoms with Crippen molar-refractivity contribution in [1.29, 1.82) is 0 Å². The molecule has 0 atom stereocenters. The molecule has 1 aliphatic carbocycles. The first kappa shape index (κ1) is 22.5. The highest BCUT2D eigenvalue weighted by Gasteiger charge is 2.22. The Kier molecular flexibility index (Phi) is 8.01. The zero-order chi connectivity index (χ0) is 21.5. The van der Waals surface area contributed by atoms with Crippen LogP contribution in [0.1, 0.15) is 74.5 Å². The van der Waals surface area contributed by atoms with Crippen LogP contribution in [0, 0.1) is 23.4 Å². The number of rotatable bonds is 8. The number of aryl methyl sites for hydroxylation is 1. The Bertz CT molecular complexity index is 867. The van der Waals surface area contributed by atoms with Gasteiger partial charge >= 0.3 is 0 Å². The van der Waals surface area contributed by atoms with E-state index in [0.717, 1.165) is 50.5 Å². The Morgan fingerprint density at radius 1 is 0.967 bits per heavy atom. The zero-order valence-electron chi connectivity index (χ0n) is 17.9. The van der Waals surface area contributed by atoms with E-state index < -0.39 is 11.6 Å². The Morgan fingerprint density at radius 2 is 1.73 bits per heavy atom. The maximum absolute atomic E-state index is 14.4. The quantitative estimate of drug-likeness (QED) is 0.398. The van der Waals surface area contributed by atoms with Crippen molar-refractivity contribution >= 4 is 6.08 Å². The first-order valence-corrected chi connectivity index (χ1v) is 11.0. The summed E-state index contributed by atoms with van der Waals surface area (Å²) in [6.07, 6.45) is 11.1. The van der Waals surface area contributed by atoms with Gasteiger partial charge in [0.2, 0.25) is 0 Å². The molecule has 162 valence electrons. The molecule has 1 nitrogen and oxygen atoms in total. The van der Waals surface area contributed by atoms with E-state index >= 15 is 0 Å². The number of hydrogen-bond donors (Lipinski definition) is 0. The Balaban J connectivity index is 1.58. The van der Waals surface area contributed by atoms with Crippen LogP contribution in [-0.2, 0) is 6.42 Å². The standard InChI is InChI=1S/C26H31F3O/c1-3-4-5-6-20-13-14-21(26(29)25(20)28)12-9-18-7-10-19(11-8-18)22-15-16-24(30-2)23(27)17-22/h9,12-19H,3-8,10-11H2,1-2H3/b12-9+. The van der Waals surface area contributed by atoms with Crippen molar-refractivity contribution in [2.75, 3.05) is 7.11 Å². The maximum atomic E-state index is 14.4. The molecule has 0 unspecified atom stereocenters. The highest BCUT2D eigenvalue weighted by Crippen LogP contribution is 2.37. The van der Waals surface area contributed by atoms with E-state index in [4.69, 9.17) is 4.74 Å². The maximum Gasteiger partial charge on any atom is 0.166 e. The molecule has 3 rings (SSSR count). The molecule has 0 aromatic heterocycles. The molecule has 0 aliphatic heterocycles. The molecule has 0 spiro atoms. The summed E-state index contributed by atoms with van der Waals surface area (Å²) in [5, 5.41) is 0. The summed E-state index contributed by atoms with van der Waals surface area (Å²) in [5.41, 5.74) is 1.78. The predicted octanol–water partition coefficient (Wildman–Crippen LogP) is 7.83. The lowest BCUT2D eigenvalue weighted by Crippen LogP contribution is -2.12. The normalized spacial score (nSPS) is 19.4. The van der Waals surface area contributed by atoms with Crippen molar-refractivity contribution in [3.63, 3.8) is 0 Å². The molecule has 0 N–H and O–H groups in total. The van der Waals surface area contributed by atoms with Gasteiger partial charge in [-0.15, -0.1) is 0 Å². The van der Waals surface area contributed by atoms with Crippen molar-refractivity contribution < 1.29 is 17.9 Å². The zero-order valence-corrected chi connectivity index (χ0v) is 17.9. The molecule has 1 saturated carbocycles. The third kappa shape index (κ3) is 5.47. The molecule has 30 heavy (non-hydrogen) atoms. The Morgan fingerprint density at radius 3 is 2.40 bits per heavy atom. The Labute approximate surface area is 178 Å². The van der Waals surface area contributed by atoms with E-state index in [1.807, 2.05) is 12.1 Å². The topological polar surface area (TPSA) is 9.23 Å². The van der Waals surface area contributed by atoms with Crippen LogP contribution in [-0.4, -0.2) is 7.11 Å². The molecule has 1 fully saturated rings. The lowest BCUT2D eigenvalue weighted by molar-refractivity contribution is 0.370. The summed E-state index contributed by atoms with van der Waals surface area (Å²) in [5.74, 6) is -0.863. The van der Waals surface area contributed by atoms with Gasteiger partial charge in [0.25, 0.3) is 0 Å². The monoisotopic (exact) mass is 416 g/mol. The molecular weight excluding hydrogens is 385 g/mol. The number of ether oxygens (including phenoxy) is 1. The van der Waals surface area contributed by atoms with E-state index in [1.54, 1.807) is 30.3 Å². The van der Waals surface area contributed by atoms with Crippen LogP contribution >= 0.6 is 0 Å². The minimum absolute atomic E-state index is 0.265. The second kappa shape index (κ2) is 10.7. The second-order valence-corrected chi connectivity index (χ2v) is 8.26. The van der Waals surface area contributed by atoms with E-state index in [-0.39, 0.29) is 11.6 Å². The number of halogens is 3. The average Bonchev–Trinajstić information content (AvgIpc) is 2.76. The third-order valence-electron chi connectivity index (χ3n) is 6.21. The van der Waals surface area contributed by atoms with Crippen LogP contribution in [0.15, 0.2) is 36.4 Å². The summed E-state index contributed by atoms with van der Waals surface area (Å²) in [6, 6.07) is 8.58. The molecule has 2 aromatic rings. The van der Waals surface area contributed by atoms with Gasteiger partial charge in [0, 0.05) is 5.56 Å². The van der Waals surface area contributed by atoms with Gasteiger partial charge in [-0.05, 0) is 73.6 Å². The van der Waals surface area contributed by atoms with Gasteiger partial charge in [-0.2, -0.15) is 0 Å². The van der Waals surface area contributed by atoms with Crippen LogP contribution in [0.3, 0.4) is 0 Å². The highest BCUT2D eigenvalue weighted by atomic mass is 19.2. The summed E-state index contributed by atoms with van der Waals surface area (Å²) < 4.78 is 47.7. The lowest BCUT2D eigenvalue weighted by atomic mass is 9.78. The molecular formula is C26H31F3O. The highest BCUT2D eigenvalue weighted by molar-refractivity contribution is 5.51. The summed E-state index contributed by atoms with van der Waals surface area (Å²) in [4.78, 5) is 0. The minimum Gasteiger partial charge on any atom is -0.494 e. The average molecular weight is 417 g/mol. The summed E-state index contributed by atoms with van der Waals surface area (Å²) in [7, 11) is 1.46. The van der Waals surface area contributed by atoms with Gasteiger partial charge in [0.15, 0.2) is 23.2 Å². The molecule has 0 saturated heterocycles. The van der Waals surface area contributed by atoms with Gasteiger partial charge in [-0.25, -0.2) is 13.2 Å². The van der Waals surface area contributed by atoms with Crippen molar-refractivity contribution in [3.05, 3.63) is 70.5 Å². The van der Waals surface area contributed by atoms with E-state index in [9.17, 15) is 13.2 Å². The number of unbranched alkanes of at least 4 members (excludes halogenated alkanes) is 2. The van der Waals surface area contributed by atoms with Gasteiger partial charge < -0.3 is 4.74 Å². The summed E-state index contributed by atoms with van der Waals surface area (Å²) in [6.45, 7) is 2.09. The fourth-order valence-corrected chi connectivity index (χ4v) is 4.31. The number of methoxy groups -OCH3 is 1. The first-order valence-electron chi connectivity index (χ1n) is 11.0. The van der Waals surface area contributed by atoms with E-state index in [1.165, 1.54) is 7.11 Å². The molecule has 0 radical (unpaired) electrons. The Hall–Kier alpha value is -2.23. The third-order valence-corrected chi connectivity index (χ3v) is 6.21. The number of allylic oxidation sites excluding steroid dienone is 1. The summed E-state index contributed by atoms with van der Waals surface area (Å²) >= 11 is 0. The largest absolute Gasteiger partial charge is 0.494 e.